The lowest BCUT2D eigenvalue weighted by Crippen LogP contribution is -2.20. The van der Waals surface area contributed by atoms with E-state index >= 15 is 0 Å². The molecule has 0 saturated carbocycles. The number of carbonyl (C=O) groups is 1. The number of aromatic nitrogens is 1. The second kappa shape index (κ2) is 6.49. The van der Waals surface area contributed by atoms with Gasteiger partial charge in [0, 0.05) is 30.2 Å². The zero-order chi connectivity index (χ0) is 17.3. The molecular weight excluding hydrogens is 324 g/mol. The minimum absolute atomic E-state index is 0.183. The Morgan fingerprint density at radius 3 is 2.58 bits per heavy atom. The predicted octanol–water partition coefficient (Wildman–Crippen LogP) is 4.53. The average molecular weight is 341 g/mol. The number of fused-ring (bicyclic) bond motifs is 1. The van der Waals surface area contributed by atoms with E-state index in [1.54, 1.807) is 6.07 Å². The molecule has 0 radical (unpaired) electrons. The van der Waals surface area contributed by atoms with Crippen LogP contribution in [0.4, 0.5) is 5.69 Å². The topological polar surface area (TPSA) is 53.4 Å². The summed E-state index contributed by atoms with van der Waals surface area (Å²) in [6, 6.07) is 13.5. The summed E-state index contributed by atoms with van der Waals surface area (Å²) in [7, 11) is 1.89. The van der Waals surface area contributed by atoms with E-state index < -0.39 is 5.97 Å². The van der Waals surface area contributed by atoms with Crippen LogP contribution in [-0.4, -0.2) is 23.1 Å². The first kappa shape index (κ1) is 16.3. The van der Waals surface area contributed by atoms with Gasteiger partial charge in [-0.25, -0.2) is 4.79 Å². The van der Waals surface area contributed by atoms with Crippen LogP contribution in [0.3, 0.4) is 0 Å². The van der Waals surface area contributed by atoms with Gasteiger partial charge in [0.05, 0.1) is 11.2 Å². The van der Waals surface area contributed by atoms with Gasteiger partial charge in [-0.1, -0.05) is 41.9 Å². The number of aromatic carboxylic acids is 1. The van der Waals surface area contributed by atoms with Crippen molar-refractivity contribution < 1.29 is 9.90 Å². The number of nitrogens with zero attached hydrogens (tertiary/aromatic N) is 2. The zero-order valence-corrected chi connectivity index (χ0v) is 14.2. The van der Waals surface area contributed by atoms with Gasteiger partial charge in [0.15, 0.2) is 0 Å². The van der Waals surface area contributed by atoms with Crippen LogP contribution in [0, 0.1) is 6.92 Å². The molecule has 0 bridgehead atoms. The molecule has 0 aliphatic carbocycles. The first-order chi connectivity index (χ1) is 11.5. The van der Waals surface area contributed by atoms with Crippen molar-refractivity contribution in [3.05, 3.63) is 70.4 Å². The molecule has 24 heavy (non-hydrogen) atoms. The highest BCUT2D eigenvalue weighted by Crippen LogP contribution is 2.33. The third kappa shape index (κ3) is 2.93. The zero-order valence-electron chi connectivity index (χ0n) is 13.5. The SMILES string of the molecule is Cc1c(Cl)ccc2c(N(C)Cc3ccccc3)c(C(=O)O)cnc12. The number of anilines is 1. The summed E-state index contributed by atoms with van der Waals surface area (Å²) in [5.41, 5.74) is 3.51. The number of rotatable bonds is 4. The molecule has 3 rings (SSSR count). The van der Waals surface area contributed by atoms with Gasteiger partial charge >= 0.3 is 5.97 Å². The fourth-order valence-electron chi connectivity index (χ4n) is 2.87. The van der Waals surface area contributed by atoms with Gasteiger partial charge in [-0.3, -0.25) is 4.98 Å². The van der Waals surface area contributed by atoms with Crippen molar-refractivity contribution in [1.29, 1.82) is 0 Å². The Balaban J connectivity index is 2.18. The molecule has 0 aliphatic rings. The van der Waals surface area contributed by atoms with E-state index in [2.05, 4.69) is 4.98 Å². The van der Waals surface area contributed by atoms with Crippen LogP contribution in [0.5, 0.6) is 0 Å². The van der Waals surface area contributed by atoms with Crippen molar-refractivity contribution in [2.24, 2.45) is 0 Å². The third-order valence-electron chi connectivity index (χ3n) is 4.07. The molecule has 3 aromatic rings. The number of carboxylic acid groups (broad SMARTS) is 1. The van der Waals surface area contributed by atoms with E-state index in [4.69, 9.17) is 11.6 Å². The van der Waals surface area contributed by atoms with Crippen molar-refractivity contribution in [3.63, 3.8) is 0 Å². The molecule has 0 saturated heterocycles. The van der Waals surface area contributed by atoms with Crippen LogP contribution in [-0.2, 0) is 6.54 Å². The van der Waals surface area contributed by atoms with E-state index in [-0.39, 0.29) is 5.56 Å². The van der Waals surface area contributed by atoms with Gasteiger partial charge < -0.3 is 10.0 Å². The van der Waals surface area contributed by atoms with E-state index in [1.807, 2.05) is 55.3 Å². The highest BCUT2D eigenvalue weighted by Gasteiger charge is 2.19. The monoisotopic (exact) mass is 340 g/mol. The Hall–Kier alpha value is -2.59. The van der Waals surface area contributed by atoms with Crippen molar-refractivity contribution in [2.45, 2.75) is 13.5 Å². The Morgan fingerprint density at radius 2 is 1.92 bits per heavy atom. The second-order valence-corrected chi connectivity index (χ2v) is 6.14. The molecular formula is C19H17ClN2O2. The normalized spacial score (nSPS) is 10.8. The standard InChI is InChI=1S/C19H17ClN2O2/c1-12-16(20)9-8-14-17(12)21-10-15(19(23)24)18(14)22(2)11-13-6-4-3-5-7-13/h3-10H,11H2,1-2H3,(H,23,24). The number of benzene rings is 2. The van der Waals surface area contributed by atoms with Crippen LogP contribution < -0.4 is 4.90 Å². The highest BCUT2D eigenvalue weighted by molar-refractivity contribution is 6.32. The summed E-state index contributed by atoms with van der Waals surface area (Å²) in [5, 5.41) is 11.0. The first-order valence-electron chi connectivity index (χ1n) is 7.55. The van der Waals surface area contributed by atoms with Gasteiger partial charge in [-0.2, -0.15) is 0 Å². The van der Waals surface area contributed by atoms with Crippen LogP contribution in [0.25, 0.3) is 10.9 Å². The van der Waals surface area contributed by atoms with Crippen LogP contribution in [0.15, 0.2) is 48.7 Å². The molecule has 2 aromatic carbocycles. The maximum atomic E-state index is 11.7. The first-order valence-corrected chi connectivity index (χ1v) is 7.93. The van der Waals surface area contributed by atoms with Crippen LogP contribution in [0.2, 0.25) is 5.02 Å². The van der Waals surface area contributed by atoms with Gasteiger partial charge in [0.1, 0.15) is 5.56 Å². The van der Waals surface area contributed by atoms with E-state index in [0.717, 1.165) is 22.0 Å². The summed E-state index contributed by atoms with van der Waals surface area (Å²) in [6.45, 7) is 2.49. The minimum atomic E-state index is -0.994. The molecule has 0 spiro atoms. The lowest BCUT2D eigenvalue weighted by atomic mass is 10.0. The largest absolute Gasteiger partial charge is 0.478 e. The molecule has 122 valence electrons. The van der Waals surface area contributed by atoms with E-state index in [9.17, 15) is 9.90 Å². The third-order valence-corrected chi connectivity index (χ3v) is 4.48. The van der Waals surface area contributed by atoms with Crippen molar-refractivity contribution in [1.82, 2.24) is 4.98 Å². The maximum absolute atomic E-state index is 11.7. The molecule has 5 heteroatoms. The molecule has 1 N–H and O–H groups in total. The van der Waals surface area contributed by atoms with Gasteiger partial charge in [0.25, 0.3) is 0 Å². The molecule has 1 heterocycles. The number of aryl methyl sites for hydroxylation is 1. The second-order valence-electron chi connectivity index (χ2n) is 5.74. The fourth-order valence-corrected chi connectivity index (χ4v) is 3.02. The van der Waals surface area contributed by atoms with Crippen LogP contribution in [0.1, 0.15) is 21.5 Å². The molecule has 1 aromatic heterocycles. The van der Waals surface area contributed by atoms with Crippen LogP contribution >= 0.6 is 11.6 Å². The predicted molar refractivity (Wildman–Crippen MR) is 97.0 cm³/mol. The maximum Gasteiger partial charge on any atom is 0.339 e. The summed E-state index contributed by atoms with van der Waals surface area (Å²) in [4.78, 5) is 17.9. The fraction of sp³-hybridized carbons (Fsp3) is 0.158. The summed E-state index contributed by atoms with van der Waals surface area (Å²) in [5.74, 6) is -0.994. The molecule has 0 atom stereocenters. The molecule has 0 unspecified atom stereocenters. The highest BCUT2D eigenvalue weighted by atomic mass is 35.5. The number of halogens is 1. The molecule has 0 fully saturated rings. The molecule has 0 aliphatic heterocycles. The van der Waals surface area contributed by atoms with Crippen molar-refractivity contribution in [2.75, 3.05) is 11.9 Å². The van der Waals surface area contributed by atoms with Crippen molar-refractivity contribution in [3.8, 4) is 0 Å². The average Bonchev–Trinajstić information content (AvgIpc) is 2.58. The van der Waals surface area contributed by atoms with Gasteiger partial charge in [0.2, 0.25) is 0 Å². The van der Waals surface area contributed by atoms with Gasteiger partial charge in [-0.15, -0.1) is 0 Å². The number of hydrogen-bond acceptors (Lipinski definition) is 3. The Bertz CT molecular complexity index is 910. The molecule has 0 amide bonds. The number of pyridine rings is 1. The number of carboxylic acids is 1. The summed E-state index contributed by atoms with van der Waals surface area (Å²) < 4.78 is 0. The summed E-state index contributed by atoms with van der Waals surface area (Å²) >= 11 is 6.18. The summed E-state index contributed by atoms with van der Waals surface area (Å²) in [6.07, 6.45) is 1.41. The smallest absolute Gasteiger partial charge is 0.339 e. The Kier molecular flexibility index (Phi) is 4.40. The number of hydrogen-bond donors (Lipinski definition) is 1. The Morgan fingerprint density at radius 1 is 1.21 bits per heavy atom. The lowest BCUT2D eigenvalue weighted by Gasteiger charge is -2.23. The Labute approximate surface area is 145 Å². The lowest BCUT2D eigenvalue weighted by molar-refractivity contribution is 0.0697. The van der Waals surface area contributed by atoms with Gasteiger partial charge in [-0.05, 0) is 30.2 Å². The molecule has 4 nitrogen and oxygen atoms in total. The minimum Gasteiger partial charge on any atom is -0.478 e. The van der Waals surface area contributed by atoms with E-state index in [1.165, 1.54) is 6.20 Å². The van der Waals surface area contributed by atoms with E-state index in [0.29, 0.717) is 17.3 Å². The van der Waals surface area contributed by atoms with Crippen molar-refractivity contribution >= 4 is 34.2 Å². The quantitative estimate of drug-likeness (QED) is 0.758.